The Balaban J connectivity index is 2.28. The van der Waals surface area contributed by atoms with Gasteiger partial charge in [-0.2, -0.15) is 0 Å². The van der Waals surface area contributed by atoms with Gasteiger partial charge < -0.3 is 5.11 Å². The molecule has 4 nitrogen and oxygen atoms in total. The number of hydrogen-bond donors (Lipinski definition) is 1. The van der Waals surface area contributed by atoms with Crippen molar-refractivity contribution in [3.8, 4) is 5.88 Å². The van der Waals surface area contributed by atoms with Gasteiger partial charge in [-0.25, -0.2) is 4.79 Å². The molecule has 2 rings (SSSR count). The average molecular weight is 330 g/mol. The van der Waals surface area contributed by atoms with Crippen LogP contribution in [0.25, 0.3) is 0 Å². The summed E-state index contributed by atoms with van der Waals surface area (Å²) in [4.78, 5) is 12.7. The zero-order valence-corrected chi connectivity index (χ0v) is 15.0. The quantitative estimate of drug-likeness (QED) is 0.659. The highest BCUT2D eigenvalue weighted by atomic mass is 16.3. The second kappa shape index (κ2) is 9.36. The molecule has 132 valence electrons. The Bertz CT molecular complexity index is 671. The largest absolute Gasteiger partial charge is 0.493 e. The summed E-state index contributed by atoms with van der Waals surface area (Å²) in [5.74, 6) is 0.146. The summed E-state index contributed by atoms with van der Waals surface area (Å²) in [5.41, 5.74) is 1.80. The van der Waals surface area contributed by atoms with Gasteiger partial charge in [0.15, 0.2) is 0 Å². The molecule has 1 heterocycles. The first-order chi connectivity index (χ1) is 11.7. The first-order valence-electron chi connectivity index (χ1n) is 9.24. The first-order valence-corrected chi connectivity index (χ1v) is 9.24. The lowest BCUT2D eigenvalue weighted by atomic mass is 10.1. The Hall–Kier alpha value is -1.97. The van der Waals surface area contributed by atoms with Crippen LogP contribution in [-0.2, 0) is 19.5 Å². The molecule has 1 aromatic heterocycles. The van der Waals surface area contributed by atoms with Crippen molar-refractivity contribution in [3.05, 3.63) is 52.1 Å². The minimum Gasteiger partial charge on any atom is -0.493 e. The molecule has 0 unspecified atom stereocenters. The van der Waals surface area contributed by atoms with Crippen molar-refractivity contribution in [1.29, 1.82) is 0 Å². The number of benzene rings is 1. The summed E-state index contributed by atoms with van der Waals surface area (Å²) >= 11 is 0. The van der Waals surface area contributed by atoms with E-state index in [0.717, 1.165) is 36.9 Å². The normalized spacial score (nSPS) is 11.1. The molecule has 24 heavy (non-hydrogen) atoms. The van der Waals surface area contributed by atoms with E-state index in [0.29, 0.717) is 19.5 Å². The number of nitrogens with zero attached hydrogens (tertiary/aromatic N) is 2. The molecule has 0 aliphatic carbocycles. The lowest BCUT2D eigenvalue weighted by molar-refractivity contribution is 0.404. The maximum atomic E-state index is 12.7. The third-order valence-corrected chi connectivity index (χ3v) is 4.49. The average Bonchev–Trinajstić information content (AvgIpc) is 2.81. The van der Waals surface area contributed by atoms with Crippen LogP contribution in [0, 0.1) is 0 Å². The zero-order valence-electron chi connectivity index (χ0n) is 15.0. The Morgan fingerprint density at radius 1 is 0.875 bits per heavy atom. The van der Waals surface area contributed by atoms with E-state index in [4.69, 9.17) is 0 Å². The van der Waals surface area contributed by atoms with Gasteiger partial charge in [0.05, 0.1) is 5.69 Å². The monoisotopic (exact) mass is 330 g/mol. The standard InChI is InChI=1S/C20H30N2O2/c1-3-5-7-11-15-21-18(16-17-12-9-8-10-13-17)19(23)22(20(21)24)14-6-4-2/h8-10,12-13,23H,3-7,11,14-16H2,1-2H3. The van der Waals surface area contributed by atoms with Crippen LogP contribution in [0.15, 0.2) is 35.1 Å². The summed E-state index contributed by atoms with van der Waals surface area (Å²) < 4.78 is 3.33. The van der Waals surface area contributed by atoms with Crippen LogP contribution >= 0.6 is 0 Å². The lowest BCUT2D eigenvalue weighted by Gasteiger charge is -2.07. The molecule has 0 fully saturated rings. The second-order valence-corrected chi connectivity index (χ2v) is 6.43. The van der Waals surface area contributed by atoms with E-state index < -0.39 is 0 Å². The van der Waals surface area contributed by atoms with Crippen molar-refractivity contribution in [1.82, 2.24) is 9.13 Å². The highest BCUT2D eigenvalue weighted by Gasteiger charge is 2.19. The van der Waals surface area contributed by atoms with E-state index in [2.05, 4.69) is 13.8 Å². The number of hydrogen-bond acceptors (Lipinski definition) is 2. The predicted molar refractivity (Wildman–Crippen MR) is 98.7 cm³/mol. The van der Waals surface area contributed by atoms with Crippen molar-refractivity contribution in [2.75, 3.05) is 0 Å². The topological polar surface area (TPSA) is 47.2 Å². The third kappa shape index (κ3) is 4.53. The predicted octanol–water partition coefficient (Wildman–Crippen LogP) is 4.33. The Morgan fingerprint density at radius 2 is 1.54 bits per heavy atom. The molecule has 1 N–H and O–H groups in total. The van der Waals surface area contributed by atoms with E-state index in [1.54, 1.807) is 9.13 Å². The van der Waals surface area contributed by atoms with Gasteiger partial charge in [-0.3, -0.25) is 9.13 Å². The number of aromatic hydroxyl groups is 1. The summed E-state index contributed by atoms with van der Waals surface area (Å²) in [6, 6.07) is 10.0. The van der Waals surface area contributed by atoms with E-state index in [-0.39, 0.29) is 11.6 Å². The number of aromatic nitrogens is 2. The fraction of sp³-hybridized carbons (Fsp3) is 0.550. The van der Waals surface area contributed by atoms with Crippen LogP contribution in [0.4, 0.5) is 0 Å². The van der Waals surface area contributed by atoms with Gasteiger partial charge in [0.1, 0.15) is 0 Å². The summed E-state index contributed by atoms with van der Waals surface area (Å²) in [7, 11) is 0. The van der Waals surface area contributed by atoms with Crippen molar-refractivity contribution in [3.63, 3.8) is 0 Å². The number of rotatable bonds is 10. The second-order valence-electron chi connectivity index (χ2n) is 6.43. The zero-order chi connectivity index (χ0) is 17.4. The maximum Gasteiger partial charge on any atom is 0.331 e. The molecular weight excluding hydrogens is 300 g/mol. The van der Waals surface area contributed by atoms with Crippen molar-refractivity contribution in [2.45, 2.75) is 71.9 Å². The minimum absolute atomic E-state index is 0.0663. The molecular formula is C20H30N2O2. The molecule has 0 amide bonds. The Kier molecular flexibility index (Phi) is 7.16. The van der Waals surface area contributed by atoms with Crippen LogP contribution < -0.4 is 5.69 Å². The van der Waals surface area contributed by atoms with E-state index in [1.165, 1.54) is 12.8 Å². The Labute approximate surface area is 144 Å². The molecule has 0 bridgehead atoms. The van der Waals surface area contributed by atoms with E-state index in [9.17, 15) is 9.90 Å². The maximum absolute atomic E-state index is 12.7. The highest BCUT2D eigenvalue weighted by Crippen LogP contribution is 2.21. The molecule has 0 aliphatic rings. The molecule has 2 aromatic rings. The molecule has 1 aromatic carbocycles. The van der Waals surface area contributed by atoms with E-state index in [1.807, 2.05) is 30.3 Å². The number of unbranched alkanes of at least 4 members (excludes halogenated alkanes) is 4. The molecule has 0 radical (unpaired) electrons. The van der Waals surface area contributed by atoms with E-state index >= 15 is 0 Å². The van der Waals surface area contributed by atoms with Gasteiger partial charge in [0.2, 0.25) is 5.88 Å². The van der Waals surface area contributed by atoms with Crippen LogP contribution in [0.2, 0.25) is 0 Å². The summed E-state index contributed by atoms with van der Waals surface area (Å²) in [6.07, 6.45) is 6.95. The number of imidazole rings is 1. The molecule has 0 saturated carbocycles. The molecule has 0 spiro atoms. The SMILES string of the molecule is CCCCCCn1c(Cc2ccccc2)c(O)n(CCCC)c1=O. The van der Waals surface area contributed by atoms with Crippen LogP contribution in [0.3, 0.4) is 0 Å². The highest BCUT2D eigenvalue weighted by molar-refractivity contribution is 5.29. The van der Waals surface area contributed by atoms with Gasteiger partial charge in [0.25, 0.3) is 0 Å². The van der Waals surface area contributed by atoms with Crippen LogP contribution in [0.1, 0.15) is 63.6 Å². The van der Waals surface area contributed by atoms with Gasteiger partial charge in [-0.05, 0) is 18.4 Å². The molecule has 4 heteroatoms. The van der Waals surface area contributed by atoms with Crippen LogP contribution in [-0.4, -0.2) is 14.2 Å². The summed E-state index contributed by atoms with van der Waals surface area (Å²) in [5, 5.41) is 10.6. The van der Waals surface area contributed by atoms with Crippen molar-refractivity contribution >= 4 is 0 Å². The van der Waals surface area contributed by atoms with Gasteiger partial charge >= 0.3 is 5.69 Å². The Morgan fingerprint density at radius 3 is 2.21 bits per heavy atom. The first kappa shape index (κ1) is 18.4. The molecule has 0 aliphatic heterocycles. The fourth-order valence-corrected chi connectivity index (χ4v) is 3.04. The van der Waals surface area contributed by atoms with Gasteiger partial charge in [0, 0.05) is 19.5 Å². The van der Waals surface area contributed by atoms with Crippen molar-refractivity contribution in [2.24, 2.45) is 0 Å². The summed E-state index contributed by atoms with van der Waals surface area (Å²) in [6.45, 7) is 5.55. The smallest absolute Gasteiger partial charge is 0.331 e. The minimum atomic E-state index is -0.0663. The fourth-order valence-electron chi connectivity index (χ4n) is 3.04. The van der Waals surface area contributed by atoms with Crippen LogP contribution in [0.5, 0.6) is 5.88 Å². The van der Waals surface area contributed by atoms with Crippen molar-refractivity contribution < 1.29 is 5.11 Å². The van der Waals surface area contributed by atoms with Gasteiger partial charge in [-0.1, -0.05) is 69.9 Å². The molecule has 0 atom stereocenters. The van der Waals surface area contributed by atoms with Gasteiger partial charge in [-0.15, -0.1) is 0 Å². The third-order valence-electron chi connectivity index (χ3n) is 4.49. The molecule has 0 saturated heterocycles. The lowest BCUT2D eigenvalue weighted by Crippen LogP contribution is -2.25.